The van der Waals surface area contributed by atoms with E-state index in [1.807, 2.05) is 11.3 Å². The van der Waals surface area contributed by atoms with Crippen LogP contribution in [0.5, 0.6) is 0 Å². The molecule has 0 spiro atoms. The van der Waals surface area contributed by atoms with Crippen molar-refractivity contribution in [2.75, 3.05) is 57.3 Å². The van der Waals surface area contributed by atoms with E-state index in [1.165, 1.54) is 74.1 Å². The maximum Gasteiger partial charge on any atom is 0.146 e. The Morgan fingerprint density at radius 1 is 0.938 bits per heavy atom. The van der Waals surface area contributed by atoms with Crippen molar-refractivity contribution in [2.24, 2.45) is 5.92 Å². The zero-order valence-corrected chi connectivity index (χ0v) is 20.3. The smallest absolute Gasteiger partial charge is 0.146 e. The number of piperidine rings is 1. The van der Waals surface area contributed by atoms with Crippen LogP contribution >= 0.6 is 11.3 Å². The number of likely N-dealkylation sites (tertiary alicyclic amines) is 1. The van der Waals surface area contributed by atoms with Gasteiger partial charge in [0.1, 0.15) is 16.5 Å². The third-order valence-corrected chi connectivity index (χ3v) is 9.18. The minimum Gasteiger partial charge on any atom is -0.377 e. The predicted octanol–water partition coefficient (Wildman–Crippen LogP) is 3.71. The lowest BCUT2D eigenvalue weighted by Gasteiger charge is -2.37. The standard InChI is InChI=1S/C25H37N5OS/c1-18-7-9-28(10-8-18)17-22-26-24(23-20-5-2-6-21(20)32-25(23)27-22)30-13-11-29(12-14-30)16-19-4-3-15-31-19/h18-19H,2-17H2,1H3/t19-/m0/s1. The van der Waals surface area contributed by atoms with Gasteiger partial charge in [0.05, 0.1) is 18.0 Å². The Bertz CT molecular complexity index is 939. The summed E-state index contributed by atoms with van der Waals surface area (Å²) in [4.78, 5) is 20.9. The van der Waals surface area contributed by atoms with Crippen LogP contribution in [0.2, 0.25) is 0 Å². The van der Waals surface area contributed by atoms with Crippen LogP contribution in [-0.2, 0) is 24.1 Å². The van der Waals surface area contributed by atoms with Crippen LogP contribution in [0.4, 0.5) is 5.82 Å². The molecule has 0 N–H and O–H groups in total. The molecule has 0 radical (unpaired) electrons. The van der Waals surface area contributed by atoms with E-state index >= 15 is 0 Å². The molecule has 0 amide bonds. The molecule has 174 valence electrons. The summed E-state index contributed by atoms with van der Waals surface area (Å²) in [5, 5.41) is 1.38. The molecule has 6 nitrogen and oxygen atoms in total. The van der Waals surface area contributed by atoms with Gasteiger partial charge in [-0.1, -0.05) is 6.92 Å². The number of nitrogens with zero attached hydrogens (tertiary/aromatic N) is 5. The Morgan fingerprint density at radius 2 is 1.78 bits per heavy atom. The lowest BCUT2D eigenvalue weighted by atomic mass is 9.99. The molecule has 0 saturated carbocycles. The van der Waals surface area contributed by atoms with Crippen molar-refractivity contribution in [3.05, 3.63) is 16.3 Å². The lowest BCUT2D eigenvalue weighted by molar-refractivity contribution is 0.0712. The molecule has 2 aromatic rings. The molecule has 3 aliphatic heterocycles. The number of hydrogen-bond donors (Lipinski definition) is 0. The first kappa shape index (κ1) is 21.3. The fourth-order valence-electron chi connectivity index (χ4n) is 5.96. The summed E-state index contributed by atoms with van der Waals surface area (Å²) in [6.07, 6.45) is 9.23. The van der Waals surface area contributed by atoms with Gasteiger partial charge in [0, 0.05) is 44.2 Å². The molecule has 3 saturated heterocycles. The monoisotopic (exact) mass is 455 g/mol. The molecule has 1 aliphatic carbocycles. The van der Waals surface area contributed by atoms with E-state index in [9.17, 15) is 0 Å². The van der Waals surface area contributed by atoms with Crippen molar-refractivity contribution in [3.8, 4) is 0 Å². The highest BCUT2D eigenvalue weighted by Gasteiger charge is 2.28. The molecule has 0 aromatic carbocycles. The number of anilines is 1. The minimum absolute atomic E-state index is 0.450. The number of piperazine rings is 1. The fourth-order valence-corrected chi connectivity index (χ4v) is 7.23. The third-order valence-electron chi connectivity index (χ3n) is 7.99. The van der Waals surface area contributed by atoms with Crippen molar-refractivity contribution in [1.29, 1.82) is 0 Å². The summed E-state index contributed by atoms with van der Waals surface area (Å²) < 4.78 is 5.88. The second kappa shape index (κ2) is 9.16. The molecule has 32 heavy (non-hydrogen) atoms. The van der Waals surface area contributed by atoms with Gasteiger partial charge in [-0.05, 0) is 69.5 Å². The lowest BCUT2D eigenvalue weighted by Crippen LogP contribution is -2.49. The molecule has 7 heteroatoms. The van der Waals surface area contributed by atoms with Crippen LogP contribution in [0.15, 0.2) is 0 Å². The van der Waals surface area contributed by atoms with E-state index < -0.39 is 0 Å². The summed E-state index contributed by atoms with van der Waals surface area (Å²) in [6, 6.07) is 0. The Balaban J connectivity index is 1.23. The maximum atomic E-state index is 5.88. The number of thiophene rings is 1. The highest BCUT2D eigenvalue weighted by atomic mass is 32.1. The van der Waals surface area contributed by atoms with E-state index in [4.69, 9.17) is 14.7 Å². The molecule has 0 unspecified atom stereocenters. The summed E-state index contributed by atoms with van der Waals surface area (Å²) >= 11 is 1.94. The molecule has 1 atom stereocenters. The zero-order chi connectivity index (χ0) is 21.5. The molecule has 5 heterocycles. The quantitative estimate of drug-likeness (QED) is 0.685. The first-order chi connectivity index (χ1) is 15.7. The number of ether oxygens (including phenoxy) is 1. The Labute approximate surface area is 195 Å². The number of aromatic nitrogens is 2. The number of hydrogen-bond acceptors (Lipinski definition) is 7. The van der Waals surface area contributed by atoms with E-state index in [2.05, 4.69) is 21.6 Å². The first-order valence-electron chi connectivity index (χ1n) is 12.9. The Kier molecular flexibility index (Phi) is 6.09. The molecular weight excluding hydrogens is 418 g/mol. The highest BCUT2D eigenvalue weighted by molar-refractivity contribution is 7.19. The third kappa shape index (κ3) is 4.29. The van der Waals surface area contributed by atoms with Crippen molar-refractivity contribution in [3.63, 3.8) is 0 Å². The second-order valence-corrected chi connectivity index (χ2v) is 11.5. The van der Waals surface area contributed by atoms with Crippen LogP contribution in [-0.4, -0.2) is 78.3 Å². The van der Waals surface area contributed by atoms with Gasteiger partial charge < -0.3 is 9.64 Å². The molecule has 4 aliphatic rings. The predicted molar refractivity (Wildman–Crippen MR) is 131 cm³/mol. The average Bonchev–Trinajstić information content (AvgIpc) is 3.53. The average molecular weight is 456 g/mol. The highest BCUT2D eigenvalue weighted by Crippen LogP contribution is 2.41. The van der Waals surface area contributed by atoms with Crippen molar-refractivity contribution in [2.45, 2.75) is 64.5 Å². The minimum atomic E-state index is 0.450. The van der Waals surface area contributed by atoms with Gasteiger partial charge in [0.15, 0.2) is 0 Å². The maximum absolute atomic E-state index is 5.88. The molecule has 0 bridgehead atoms. The summed E-state index contributed by atoms with van der Waals surface area (Å²) in [7, 11) is 0. The van der Waals surface area contributed by atoms with Crippen LogP contribution in [0.25, 0.3) is 10.2 Å². The topological polar surface area (TPSA) is 44.7 Å². The molecule has 6 rings (SSSR count). The zero-order valence-electron chi connectivity index (χ0n) is 19.5. The van der Waals surface area contributed by atoms with Gasteiger partial charge in [-0.15, -0.1) is 11.3 Å². The first-order valence-corrected chi connectivity index (χ1v) is 13.7. The van der Waals surface area contributed by atoms with Crippen LogP contribution in [0.1, 0.15) is 55.3 Å². The van der Waals surface area contributed by atoms with E-state index in [0.717, 1.165) is 57.6 Å². The number of fused-ring (bicyclic) bond motifs is 3. The van der Waals surface area contributed by atoms with E-state index in [0.29, 0.717) is 6.10 Å². The molecule has 3 fully saturated rings. The Morgan fingerprint density at radius 3 is 2.56 bits per heavy atom. The largest absolute Gasteiger partial charge is 0.377 e. The van der Waals surface area contributed by atoms with Crippen LogP contribution < -0.4 is 4.90 Å². The van der Waals surface area contributed by atoms with Crippen molar-refractivity contribution in [1.82, 2.24) is 19.8 Å². The van der Waals surface area contributed by atoms with E-state index in [1.54, 1.807) is 10.4 Å². The van der Waals surface area contributed by atoms with Crippen LogP contribution in [0, 0.1) is 5.92 Å². The SMILES string of the molecule is CC1CCN(Cc2nc(N3CCN(C[C@@H]4CCCO4)CC3)c3c4c(sc3n2)CCC4)CC1. The van der Waals surface area contributed by atoms with Gasteiger partial charge in [0.25, 0.3) is 0 Å². The van der Waals surface area contributed by atoms with Gasteiger partial charge in [-0.3, -0.25) is 9.80 Å². The number of rotatable bonds is 5. The second-order valence-electron chi connectivity index (χ2n) is 10.4. The van der Waals surface area contributed by atoms with Crippen molar-refractivity contribution < 1.29 is 4.74 Å². The Hall–Kier alpha value is -1.28. The van der Waals surface area contributed by atoms with Crippen molar-refractivity contribution >= 4 is 27.4 Å². The molecule has 2 aromatic heterocycles. The summed E-state index contributed by atoms with van der Waals surface area (Å²) in [6.45, 7) is 12.0. The van der Waals surface area contributed by atoms with E-state index in [-0.39, 0.29) is 0 Å². The molecular formula is C25H37N5OS. The van der Waals surface area contributed by atoms with Gasteiger partial charge in [-0.25, -0.2) is 9.97 Å². The van der Waals surface area contributed by atoms with Crippen LogP contribution in [0.3, 0.4) is 0 Å². The fraction of sp³-hybridized carbons (Fsp3) is 0.760. The van der Waals surface area contributed by atoms with Gasteiger partial charge in [0.2, 0.25) is 0 Å². The number of aryl methyl sites for hydroxylation is 2. The summed E-state index contributed by atoms with van der Waals surface area (Å²) in [5.41, 5.74) is 1.56. The van der Waals surface area contributed by atoms with Gasteiger partial charge in [-0.2, -0.15) is 0 Å². The normalized spacial score (nSPS) is 25.8. The summed E-state index contributed by atoms with van der Waals surface area (Å²) in [5.74, 6) is 3.12. The van der Waals surface area contributed by atoms with Gasteiger partial charge >= 0.3 is 0 Å².